The van der Waals surface area contributed by atoms with Gasteiger partial charge in [0, 0.05) is 45.6 Å². The van der Waals surface area contributed by atoms with Crippen LogP contribution in [0.3, 0.4) is 0 Å². The maximum Gasteiger partial charge on any atom is 0.0886 e. The summed E-state index contributed by atoms with van der Waals surface area (Å²) in [5.74, 6) is 0. The molecule has 0 atom stereocenters. The average Bonchev–Trinajstić information content (AvgIpc) is 3.08. The van der Waals surface area contributed by atoms with Crippen molar-refractivity contribution in [2.24, 2.45) is 0 Å². The van der Waals surface area contributed by atoms with Gasteiger partial charge in [0.1, 0.15) is 0 Å². The molecule has 0 aromatic carbocycles. The van der Waals surface area contributed by atoms with E-state index in [9.17, 15) is 0 Å². The van der Waals surface area contributed by atoms with Crippen LogP contribution < -0.4 is 0 Å². The van der Waals surface area contributed by atoms with Crippen molar-refractivity contribution in [2.45, 2.75) is 14.9 Å². The molecule has 0 aliphatic carbocycles. The first-order valence-corrected chi connectivity index (χ1v) is 23.2. The maximum absolute atomic E-state index is 4.95. The summed E-state index contributed by atoms with van der Waals surface area (Å²) < 4.78 is 0. The second-order valence-corrected chi connectivity index (χ2v) is 18.0. The second-order valence-electron chi connectivity index (χ2n) is 7.49. The van der Waals surface area contributed by atoms with Gasteiger partial charge in [-0.3, -0.25) is 29.9 Å². The first kappa shape index (κ1) is 45.8. The van der Waals surface area contributed by atoms with Gasteiger partial charge < -0.3 is 0 Å². The third-order valence-electron chi connectivity index (χ3n) is 4.78. The molecule has 14 heteroatoms. The predicted octanol–water partition coefficient (Wildman–Crippen LogP) is 10.8. The molecule has 3 radical (unpaired) electrons. The molecule has 6 rings (SSSR count). The molecule has 0 N–H and O–H groups in total. The first-order chi connectivity index (χ1) is 21.0. The SMILES string of the molecule is C.C.[B].[Cl][Ru]([Cl])[Cl].[Cl][Ru][Cl].c1ccc(-c2ccccn2)nc1.c1ccc(-c2ccccn2)nc1.c1ccc(-c2ccccn2)nc1. The Labute approximate surface area is 307 Å². The topological polar surface area (TPSA) is 77.3 Å². The predicted molar refractivity (Wildman–Crippen MR) is 191 cm³/mol. The van der Waals surface area contributed by atoms with Gasteiger partial charge in [-0.25, -0.2) is 0 Å². The van der Waals surface area contributed by atoms with Crippen LogP contribution in [-0.2, 0) is 28.1 Å². The van der Waals surface area contributed by atoms with E-state index >= 15 is 0 Å². The average molecular weight is 891 g/mol. The van der Waals surface area contributed by atoms with Gasteiger partial charge in [0.05, 0.1) is 34.2 Å². The van der Waals surface area contributed by atoms with E-state index in [0.29, 0.717) is 0 Å². The van der Waals surface area contributed by atoms with Crippen molar-refractivity contribution in [3.05, 3.63) is 146 Å². The van der Waals surface area contributed by atoms with Crippen LogP contribution in [0.15, 0.2) is 146 Å². The Bertz CT molecular complexity index is 1200. The molecule has 0 unspecified atom stereocenters. The Hall–Kier alpha value is -2.34. The van der Waals surface area contributed by atoms with Crippen LogP contribution in [0.5, 0.6) is 0 Å². The number of pyridine rings is 6. The molecule has 46 heavy (non-hydrogen) atoms. The summed E-state index contributed by atoms with van der Waals surface area (Å²) in [7, 11) is 24.6. The molecule has 0 saturated heterocycles. The number of halogens is 5. The quantitative estimate of drug-likeness (QED) is 0.165. The van der Waals surface area contributed by atoms with E-state index in [-0.39, 0.29) is 38.4 Å². The van der Waals surface area contributed by atoms with Gasteiger partial charge in [-0.1, -0.05) is 51.3 Å². The van der Waals surface area contributed by atoms with Crippen molar-refractivity contribution in [3.63, 3.8) is 0 Å². The fourth-order valence-electron chi connectivity index (χ4n) is 3.09. The van der Waals surface area contributed by atoms with E-state index in [1.165, 1.54) is 0 Å². The van der Waals surface area contributed by atoms with Crippen LogP contribution in [-0.4, -0.2) is 38.3 Å². The Balaban J connectivity index is 0. The molecule has 244 valence electrons. The fraction of sp³-hybridized carbons (Fsp3) is 0.0625. The van der Waals surface area contributed by atoms with E-state index in [1.807, 2.05) is 109 Å². The van der Waals surface area contributed by atoms with Crippen LogP contribution in [0, 0.1) is 0 Å². The molecule has 6 aromatic rings. The van der Waals surface area contributed by atoms with Gasteiger partial charge in [0.25, 0.3) is 0 Å². The largest absolute Gasteiger partial charge is 0.255 e. The molecule has 6 heterocycles. The smallest absolute Gasteiger partial charge is 0.0886 e. The molecule has 0 fully saturated rings. The van der Waals surface area contributed by atoms with Gasteiger partial charge in [0.2, 0.25) is 0 Å². The van der Waals surface area contributed by atoms with Crippen molar-refractivity contribution in [2.75, 3.05) is 0 Å². The van der Waals surface area contributed by atoms with Gasteiger partial charge in [-0.15, -0.1) is 0 Å². The van der Waals surface area contributed by atoms with Crippen molar-refractivity contribution >= 4 is 56.9 Å². The Kier molecular flexibility index (Phi) is 29.9. The van der Waals surface area contributed by atoms with E-state index in [4.69, 9.17) is 48.5 Å². The molecule has 0 aliphatic rings. The normalized spacial score (nSPS) is 9.02. The van der Waals surface area contributed by atoms with E-state index < -0.39 is 13.0 Å². The molecule has 0 saturated carbocycles. The molecule has 0 amide bonds. The van der Waals surface area contributed by atoms with Crippen molar-refractivity contribution in [1.29, 1.82) is 0 Å². The number of hydrogen-bond acceptors (Lipinski definition) is 6. The van der Waals surface area contributed by atoms with Gasteiger partial charge >= 0.3 is 76.6 Å². The minimum atomic E-state index is -1.75. The van der Waals surface area contributed by atoms with Crippen molar-refractivity contribution < 1.29 is 28.1 Å². The zero-order valence-electron chi connectivity index (χ0n) is 22.7. The molecule has 6 nitrogen and oxygen atoms in total. The summed E-state index contributed by atoms with van der Waals surface area (Å²) in [6.07, 6.45) is 10.6. The van der Waals surface area contributed by atoms with Gasteiger partial charge in [-0.2, -0.15) is 0 Å². The second kappa shape index (κ2) is 30.0. The third kappa shape index (κ3) is 20.7. The van der Waals surface area contributed by atoms with Crippen LogP contribution in [0.4, 0.5) is 0 Å². The molecule has 0 spiro atoms. The Morgan fingerprint density at radius 1 is 0.370 bits per heavy atom. The van der Waals surface area contributed by atoms with Crippen LogP contribution in [0.1, 0.15) is 14.9 Å². The summed E-state index contributed by atoms with van der Waals surface area (Å²) in [5, 5.41) is 0. The summed E-state index contributed by atoms with van der Waals surface area (Å²) in [4.78, 5) is 25.1. The Morgan fingerprint density at radius 3 is 0.587 bits per heavy atom. The van der Waals surface area contributed by atoms with Crippen LogP contribution >= 0.6 is 48.5 Å². The monoisotopic (exact) mass is 890 g/mol. The summed E-state index contributed by atoms with van der Waals surface area (Å²) in [6, 6.07) is 34.8. The number of nitrogens with zero attached hydrogens (tertiary/aromatic N) is 6. The third-order valence-corrected chi connectivity index (χ3v) is 4.78. The van der Waals surface area contributed by atoms with Crippen LogP contribution in [0.25, 0.3) is 34.2 Å². The van der Waals surface area contributed by atoms with Crippen molar-refractivity contribution in [1.82, 2.24) is 29.9 Å². The number of rotatable bonds is 3. The first-order valence-electron chi connectivity index (χ1n) is 12.0. The molecule has 0 aliphatic heterocycles. The molecule has 6 aromatic heterocycles. The fourth-order valence-corrected chi connectivity index (χ4v) is 3.09. The zero-order chi connectivity index (χ0) is 31.0. The number of aromatic nitrogens is 6. The van der Waals surface area contributed by atoms with Crippen molar-refractivity contribution in [3.8, 4) is 34.2 Å². The summed E-state index contributed by atoms with van der Waals surface area (Å²) in [5.41, 5.74) is 5.49. The summed E-state index contributed by atoms with van der Waals surface area (Å²) >= 11 is -2.10. The standard InChI is InChI=1S/3C10H8N2.2CH4.B.5ClH.2Ru/c3*1-3-7-11-9(5-1)10-6-2-4-8-12-10;;;;;;;;;;/h3*1-8H;2*1H4;;5*1H;;/q;;;;;;;;;;;+2;+3/p-5. The minimum Gasteiger partial charge on any atom is -0.255 e. The molecule has 0 bridgehead atoms. The van der Waals surface area contributed by atoms with Crippen LogP contribution in [0.2, 0.25) is 0 Å². The number of hydrogen-bond donors (Lipinski definition) is 0. The summed E-state index contributed by atoms with van der Waals surface area (Å²) in [6.45, 7) is 0. The maximum atomic E-state index is 4.95. The van der Waals surface area contributed by atoms with Gasteiger partial charge in [0.15, 0.2) is 0 Å². The molecular weight excluding hydrogens is 859 g/mol. The minimum absolute atomic E-state index is 0. The van der Waals surface area contributed by atoms with E-state index in [0.717, 1.165) is 34.2 Å². The Morgan fingerprint density at radius 2 is 0.500 bits per heavy atom. The van der Waals surface area contributed by atoms with E-state index in [2.05, 4.69) is 29.9 Å². The molecular formula is C32H32BCl5N6Ru2. The zero-order valence-corrected chi connectivity index (χ0v) is 30.0. The van der Waals surface area contributed by atoms with Gasteiger partial charge in [-0.05, 0) is 72.8 Å². The van der Waals surface area contributed by atoms with E-state index in [1.54, 1.807) is 37.2 Å².